The quantitative estimate of drug-likeness (QED) is 0.518. The van der Waals surface area contributed by atoms with Gasteiger partial charge >= 0.3 is 0 Å². The van der Waals surface area contributed by atoms with Crippen LogP contribution in [0.5, 0.6) is 5.75 Å². The molecule has 29 heavy (non-hydrogen) atoms. The molecule has 0 aromatic heterocycles. The third kappa shape index (κ3) is 7.34. The van der Waals surface area contributed by atoms with Gasteiger partial charge in [-0.25, -0.2) is 13.1 Å². The van der Waals surface area contributed by atoms with Gasteiger partial charge in [-0.1, -0.05) is 61.7 Å². The van der Waals surface area contributed by atoms with Gasteiger partial charge in [-0.05, 0) is 37.1 Å². The highest BCUT2D eigenvalue weighted by Crippen LogP contribution is 2.28. The zero-order valence-electron chi connectivity index (χ0n) is 16.7. The van der Waals surface area contributed by atoms with Crippen LogP contribution in [0.4, 0.5) is 0 Å². The standard InChI is InChI=1S/C21H27ClN2O4S/c1-3-4-8-13-23-21(25)15-28-20-12-11-18(14-19(20)22)29(26,27)24-16(2)17-9-6-5-7-10-17/h5-7,9-12,14,16,24H,3-4,8,13,15H2,1-2H3,(H,23,25). The Morgan fingerprint density at radius 3 is 2.52 bits per heavy atom. The van der Waals surface area contributed by atoms with Crippen LogP contribution in [0.15, 0.2) is 53.4 Å². The maximum absolute atomic E-state index is 12.6. The molecule has 1 unspecified atom stereocenters. The van der Waals surface area contributed by atoms with Crippen LogP contribution in [0.2, 0.25) is 5.02 Å². The molecule has 1 atom stereocenters. The molecule has 0 aliphatic heterocycles. The summed E-state index contributed by atoms with van der Waals surface area (Å²) < 4.78 is 33.3. The summed E-state index contributed by atoms with van der Waals surface area (Å²) in [4.78, 5) is 11.8. The van der Waals surface area contributed by atoms with E-state index < -0.39 is 16.1 Å². The van der Waals surface area contributed by atoms with Crippen molar-refractivity contribution in [1.82, 2.24) is 10.0 Å². The van der Waals surface area contributed by atoms with Crippen LogP contribution in [-0.4, -0.2) is 27.5 Å². The van der Waals surface area contributed by atoms with Gasteiger partial charge in [-0.3, -0.25) is 4.79 Å². The Morgan fingerprint density at radius 1 is 1.14 bits per heavy atom. The average Bonchev–Trinajstić information content (AvgIpc) is 2.70. The summed E-state index contributed by atoms with van der Waals surface area (Å²) in [7, 11) is -3.76. The molecule has 0 radical (unpaired) electrons. The fourth-order valence-electron chi connectivity index (χ4n) is 2.67. The number of rotatable bonds is 11. The lowest BCUT2D eigenvalue weighted by Gasteiger charge is -2.15. The minimum absolute atomic E-state index is 0.0293. The highest BCUT2D eigenvalue weighted by atomic mass is 35.5. The lowest BCUT2D eigenvalue weighted by Crippen LogP contribution is -2.29. The van der Waals surface area contributed by atoms with Gasteiger partial charge in [0, 0.05) is 12.6 Å². The molecule has 0 bridgehead atoms. The number of hydrogen-bond acceptors (Lipinski definition) is 4. The van der Waals surface area contributed by atoms with Crippen LogP contribution in [0.3, 0.4) is 0 Å². The highest BCUT2D eigenvalue weighted by Gasteiger charge is 2.20. The van der Waals surface area contributed by atoms with Gasteiger partial charge in [0.1, 0.15) is 5.75 Å². The average molecular weight is 439 g/mol. The molecular weight excluding hydrogens is 412 g/mol. The summed E-state index contributed by atoms with van der Waals surface area (Å²) in [6.07, 6.45) is 3.06. The van der Waals surface area contributed by atoms with E-state index in [1.807, 2.05) is 30.3 Å². The van der Waals surface area contributed by atoms with Gasteiger partial charge in [0.15, 0.2) is 6.61 Å². The Balaban J connectivity index is 1.96. The number of sulfonamides is 1. The molecule has 2 aromatic carbocycles. The van der Waals surface area contributed by atoms with Crippen LogP contribution < -0.4 is 14.8 Å². The number of nitrogens with one attached hydrogen (secondary N) is 2. The van der Waals surface area contributed by atoms with Crippen molar-refractivity contribution in [2.24, 2.45) is 0 Å². The summed E-state index contributed by atoms with van der Waals surface area (Å²) in [6.45, 7) is 4.28. The number of ether oxygens (including phenoxy) is 1. The number of halogens is 1. The molecule has 0 fully saturated rings. The largest absolute Gasteiger partial charge is 0.482 e. The first-order valence-corrected chi connectivity index (χ1v) is 11.5. The van der Waals surface area contributed by atoms with Gasteiger partial charge in [0.2, 0.25) is 10.0 Å². The van der Waals surface area contributed by atoms with Crippen LogP contribution in [0, 0.1) is 0 Å². The van der Waals surface area contributed by atoms with Crippen molar-refractivity contribution in [2.45, 2.75) is 44.0 Å². The van der Waals surface area contributed by atoms with Crippen LogP contribution in [-0.2, 0) is 14.8 Å². The number of carbonyl (C=O) groups excluding carboxylic acids is 1. The Hall–Kier alpha value is -2.09. The van der Waals surface area contributed by atoms with E-state index >= 15 is 0 Å². The fourth-order valence-corrected chi connectivity index (χ4v) is 4.23. The molecule has 0 saturated heterocycles. The predicted molar refractivity (Wildman–Crippen MR) is 115 cm³/mol. The molecule has 1 amide bonds. The lowest BCUT2D eigenvalue weighted by atomic mass is 10.1. The van der Waals surface area contributed by atoms with Gasteiger partial charge in [0.05, 0.1) is 9.92 Å². The second-order valence-electron chi connectivity index (χ2n) is 6.69. The normalized spacial score (nSPS) is 12.4. The van der Waals surface area contributed by atoms with Gasteiger partial charge in [-0.15, -0.1) is 0 Å². The SMILES string of the molecule is CCCCCNC(=O)COc1ccc(S(=O)(=O)NC(C)c2ccccc2)cc1Cl. The molecule has 0 aliphatic rings. The van der Waals surface area contributed by atoms with Crippen molar-refractivity contribution in [3.05, 3.63) is 59.1 Å². The third-order valence-electron chi connectivity index (χ3n) is 4.31. The molecule has 0 heterocycles. The predicted octanol–water partition coefficient (Wildman–Crippen LogP) is 4.06. The third-order valence-corrected chi connectivity index (χ3v) is 6.14. The van der Waals surface area contributed by atoms with Crippen LogP contribution >= 0.6 is 11.6 Å². The van der Waals surface area contributed by atoms with Crippen molar-refractivity contribution in [1.29, 1.82) is 0 Å². The summed E-state index contributed by atoms with van der Waals surface area (Å²) in [5.74, 6) is 0.0117. The summed E-state index contributed by atoms with van der Waals surface area (Å²) >= 11 is 6.17. The van der Waals surface area contributed by atoms with Crippen molar-refractivity contribution in [3.8, 4) is 5.75 Å². The molecule has 0 aliphatic carbocycles. The Kier molecular flexibility index (Phi) is 8.95. The Bertz CT molecular complexity index is 904. The summed E-state index contributed by atoms with van der Waals surface area (Å²) in [5, 5.41) is 2.89. The van der Waals surface area contributed by atoms with E-state index in [0.717, 1.165) is 24.8 Å². The van der Waals surface area contributed by atoms with Crippen molar-refractivity contribution < 1.29 is 17.9 Å². The van der Waals surface area contributed by atoms with Crippen molar-refractivity contribution in [2.75, 3.05) is 13.2 Å². The minimum Gasteiger partial charge on any atom is -0.482 e. The molecule has 6 nitrogen and oxygen atoms in total. The van der Waals surface area contributed by atoms with Gasteiger partial charge < -0.3 is 10.1 Å². The molecular formula is C21H27ClN2O4S. The number of hydrogen-bond donors (Lipinski definition) is 2. The number of benzene rings is 2. The van der Waals surface area contributed by atoms with Gasteiger partial charge in [-0.2, -0.15) is 0 Å². The molecule has 158 valence electrons. The highest BCUT2D eigenvalue weighted by molar-refractivity contribution is 7.89. The van der Waals surface area contributed by atoms with Crippen LogP contribution in [0.25, 0.3) is 0 Å². The van der Waals surface area contributed by atoms with E-state index in [9.17, 15) is 13.2 Å². The Morgan fingerprint density at radius 2 is 1.86 bits per heavy atom. The molecule has 8 heteroatoms. The number of carbonyl (C=O) groups is 1. The Labute approximate surface area is 177 Å². The van der Waals surface area contributed by atoms with Crippen molar-refractivity contribution >= 4 is 27.5 Å². The van der Waals surface area contributed by atoms with E-state index in [1.54, 1.807) is 6.92 Å². The first-order chi connectivity index (χ1) is 13.8. The monoisotopic (exact) mass is 438 g/mol. The van der Waals surface area contributed by atoms with E-state index in [0.29, 0.717) is 6.54 Å². The fraction of sp³-hybridized carbons (Fsp3) is 0.381. The number of unbranched alkanes of at least 4 members (excludes halogenated alkanes) is 2. The first-order valence-electron chi connectivity index (χ1n) is 9.60. The maximum Gasteiger partial charge on any atom is 0.257 e. The molecule has 2 N–H and O–H groups in total. The first kappa shape index (κ1) is 23.2. The maximum atomic E-state index is 12.6. The number of amides is 1. The lowest BCUT2D eigenvalue weighted by molar-refractivity contribution is -0.123. The molecule has 2 rings (SSSR count). The summed E-state index contributed by atoms with van der Waals surface area (Å²) in [6, 6.07) is 13.0. The second kappa shape index (κ2) is 11.2. The van der Waals surface area contributed by atoms with Crippen LogP contribution in [0.1, 0.15) is 44.7 Å². The summed E-state index contributed by atoms with van der Waals surface area (Å²) in [5.41, 5.74) is 0.854. The van der Waals surface area contributed by atoms with Crippen molar-refractivity contribution in [3.63, 3.8) is 0 Å². The smallest absolute Gasteiger partial charge is 0.257 e. The topological polar surface area (TPSA) is 84.5 Å². The van der Waals surface area contributed by atoms with Gasteiger partial charge in [0.25, 0.3) is 5.91 Å². The minimum atomic E-state index is -3.76. The zero-order chi connectivity index (χ0) is 21.3. The van der Waals surface area contributed by atoms with E-state index in [1.165, 1.54) is 18.2 Å². The van der Waals surface area contributed by atoms with E-state index in [2.05, 4.69) is 17.0 Å². The molecule has 0 spiro atoms. The van der Waals surface area contributed by atoms with E-state index in [4.69, 9.17) is 16.3 Å². The zero-order valence-corrected chi connectivity index (χ0v) is 18.2. The molecule has 0 saturated carbocycles. The molecule has 2 aromatic rings. The second-order valence-corrected chi connectivity index (χ2v) is 8.81. The van der Waals surface area contributed by atoms with E-state index in [-0.39, 0.29) is 28.2 Å².